The maximum absolute atomic E-state index is 11.9. The van der Waals surface area contributed by atoms with Crippen LogP contribution in [0.25, 0.3) is 0 Å². The van der Waals surface area contributed by atoms with Crippen molar-refractivity contribution in [1.82, 2.24) is 9.62 Å². The van der Waals surface area contributed by atoms with E-state index in [9.17, 15) is 13.5 Å². The van der Waals surface area contributed by atoms with Gasteiger partial charge in [-0.15, -0.1) is 0 Å². The fourth-order valence-corrected chi connectivity index (χ4v) is 2.85. The molecule has 18 heavy (non-hydrogen) atoms. The lowest BCUT2D eigenvalue weighted by atomic mass is 10.3. The van der Waals surface area contributed by atoms with E-state index >= 15 is 0 Å². The highest BCUT2D eigenvalue weighted by atomic mass is 32.2. The van der Waals surface area contributed by atoms with Gasteiger partial charge in [0.15, 0.2) is 0 Å². The Balaban J connectivity index is 1.90. The molecule has 0 aliphatic heterocycles. The van der Waals surface area contributed by atoms with Crippen LogP contribution in [-0.4, -0.2) is 44.6 Å². The maximum Gasteiger partial charge on any atom is 0.240 e. The summed E-state index contributed by atoms with van der Waals surface area (Å²) < 4.78 is 26.4. The Hall–Kier alpha value is -1.11. The van der Waals surface area contributed by atoms with Crippen molar-refractivity contribution in [2.24, 2.45) is 0 Å². The minimum absolute atomic E-state index is 0.0482. The van der Waals surface area contributed by atoms with Gasteiger partial charge in [0.1, 0.15) is 5.75 Å². The summed E-state index contributed by atoms with van der Waals surface area (Å²) in [5.41, 5.74) is 0. The van der Waals surface area contributed by atoms with E-state index in [-0.39, 0.29) is 10.6 Å². The normalized spacial score (nSPS) is 16.1. The summed E-state index contributed by atoms with van der Waals surface area (Å²) in [7, 11) is -1.52. The molecule has 0 unspecified atom stereocenters. The van der Waals surface area contributed by atoms with Crippen LogP contribution in [0.15, 0.2) is 29.2 Å². The Kier molecular flexibility index (Phi) is 3.89. The molecular formula is C12H18N2O3S. The van der Waals surface area contributed by atoms with Crippen LogP contribution < -0.4 is 4.72 Å². The van der Waals surface area contributed by atoms with Gasteiger partial charge in [-0.1, -0.05) is 6.07 Å². The molecule has 0 amide bonds. The molecule has 1 aliphatic carbocycles. The van der Waals surface area contributed by atoms with E-state index in [0.29, 0.717) is 19.1 Å². The minimum atomic E-state index is -3.52. The fraction of sp³-hybridized carbons (Fsp3) is 0.500. The third-order valence-electron chi connectivity index (χ3n) is 3.05. The summed E-state index contributed by atoms with van der Waals surface area (Å²) in [5.74, 6) is -0.0482. The van der Waals surface area contributed by atoms with Gasteiger partial charge in [-0.2, -0.15) is 0 Å². The van der Waals surface area contributed by atoms with Crippen LogP contribution in [0, 0.1) is 0 Å². The van der Waals surface area contributed by atoms with Gasteiger partial charge in [0.05, 0.1) is 4.90 Å². The Labute approximate surface area is 107 Å². The van der Waals surface area contributed by atoms with Crippen LogP contribution in [0.4, 0.5) is 0 Å². The van der Waals surface area contributed by atoms with Crippen LogP contribution in [0.3, 0.4) is 0 Å². The number of rotatable bonds is 6. The summed E-state index contributed by atoms with van der Waals surface area (Å²) in [6.45, 7) is 1.08. The maximum atomic E-state index is 11.9. The van der Waals surface area contributed by atoms with Crippen molar-refractivity contribution in [1.29, 1.82) is 0 Å². The lowest BCUT2D eigenvalue weighted by Crippen LogP contribution is -2.33. The van der Waals surface area contributed by atoms with Crippen LogP contribution >= 0.6 is 0 Å². The van der Waals surface area contributed by atoms with Gasteiger partial charge in [0.2, 0.25) is 10.0 Å². The molecule has 2 rings (SSSR count). The van der Waals surface area contributed by atoms with E-state index in [4.69, 9.17) is 0 Å². The molecule has 1 saturated carbocycles. The summed E-state index contributed by atoms with van der Waals surface area (Å²) in [6, 6.07) is 6.29. The summed E-state index contributed by atoms with van der Waals surface area (Å²) >= 11 is 0. The minimum Gasteiger partial charge on any atom is -0.508 e. The molecule has 0 spiro atoms. The van der Waals surface area contributed by atoms with Crippen molar-refractivity contribution in [3.63, 3.8) is 0 Å². The molecule has 0 bridgehead atoms. The fourth-order valence-electron chi connectivity index (χ4n) is 1.79. The molecule has 2 N–H and O–H groups in total. The monoisotopic (exact) mass is 270 g/mol. The first kappa shape index (κ1) is 13.3. The van der Waals surface area contributed by atoms with Crippen molar-refractivity contribution in [2.45, 2.75) is 23.8 Å². The van der Waals surface area contributed by atoms with E-state index in [1.807, 2.05) is 7.05 Å². The van der Waals surface area contributed by atoms with Crippen LogP contribution in [0.5, 0.6) is 5.75 Å². The Morgan fingerprint density at radius 2 is 2.17 bits per heavy atom. The zero-order chi connectivity index (χ0) is 13.2. The van der Waals surface area contributed by atoms with Gasteiger partial charge in [-0.3, -0.25) is 0 Å². The molecular weight excluding hydrogens is 252 g/mol. The average Bonchev–Trinajstić information content (AvgIpc) is 3.12. The number of benzene rings is 1. The second-order valence-corrected chi connectivity index (χ2v) is 6.37. The average molecular weight is 270 g/mol. The van der Waals surface area contributed by atoms with E-state index in [0.717, 1.165) is 0 Å². The molecule has 1 aromatic carbocycles. The number of sulfonamides is 1. The first-order valence-corrected chi connectivity index (χ1v) is 7.46. The number of nitrogens with one attached hydrogen (secondary N) is 1. The standard InChI is InChI=1S/C12H18N2O3S/c1-14(10-5-6-10)8-7-13-18(16,17)12-4-2-3-11(15)9-12/h2-4,9-10,13,15H,5-8H2,1H3. The van der Waals surface area contributed by atoms with Crippen molar-refractivity contribution < 1.29 is 13.5 Å². The Bertz CT molecular complexity index is 512. The predicted molar refractivity (Wildman–Crippen MR) is 68.9 cm³/mol. The van der Waals surface area contributed by atoms with Gasteiger partial charge in [0, 0.05) is 19.1 Å². The number of likely N-dealkylation sites (N-methyl/N-ethyl adjacent to an activating group) is 1. The molecule has 6 heteroatoms. The first-order valence-electron chi connectivity index (χ1n) is 5.98. The molecule has 5 nitrogen and oxygen atoms in total. The van der Waals surface area contributed by atoms with Gasteiger partial charge >= 0.3 is 0 Å². The van der Waals surface area contributed by atoms with E-state index < -0.39 is 10.0 Å². The van der Waals surface area contributed by atoms with Gasteiger partial charge < -0.3 is 10.0 Å². The number of hydrogen-bond donors (Lipinski definition) is 2. The molecule has 1 fully saturated rings. The lowest BCUT2D eigenvalue weighted by molar-refractivity contribution is 0.329. The number of hydrogen-bond acceptors (Lipinski definition) is 4. The molecule has 0 atom stereocenters. The zero-order valence-electron chi connectivity index (χ0n) is 10.3. The SMILES string of the molecule is CN(CCNS(=O)(=O)c1cccc(O)c1)C1CC1. The van der Waals surface area contributed by atoms with Gasteiger partial charge in [-0.05, 0) is 38.1 Å². The van der Waals surface area contributed by atoms with Crippen LogP contribution in [-0.2, 0) is 10.0 Å². The predicted octanol–water partition coefficient (Wildman–Crippen LogP) is 0.765. The third-order valence-corrected chi connectivity index (χ3v) is 4.51. The largest absolute Gasteiger partial charge is 0.508 e. The molecule has 0 radical (unpaired) electrons. The summed E-state index contributed by atoms with van der Waals surface area (Å²) in [4.78, 5) is 2.25. The second-order valence-electron chi connectivity index (χ2n) is 4.61. The van der Waals surface area contributed by atoms with Crippen LogP contribution in [0.2, 0.25) is 0 Å². The van der Waals surface area contributed by atoms with Crippen molar-refractivity contribution in [3.8, 4) is 5.75 Å². The quantitative estimate of drug-likeness (QED) is 0.801. The van der Waals surface area contributed by atoms with Gasteiger partial charge in [-0.25, -0.2) is 13.1 Å². The lowest BCUT2D eigenvalue weighted by Gasteiger charge is -2.15. The molecule has 1 aliphatic rings. The first-order chi connectivity index (χ1) is 8.49. The molecule has 0 saturated heterocycles. The highest BCUT2D eigenvalue weighted by Gasteiger charge is 2.25. The molecule has 1 aromatic rings. The van der Waals surface area contributed by atoms with Crippen molar-refractivity contribution >= 4 is 10.0 Å². The highest BCUT2D eigenvalue weighted by molar-refractivity contribution is 7.89. The Morgan fingerprint density at radius 3 is 2.78 bits per heavy atom. The number of nitrogens with zero attached hydrogens (tertiary/aromatic N) is 1. The summed E-state index contributed by atoms with van der Waals surface area (Å²) in [6.07, 6.45) is 2.41. The number of phenols is 1. The van der Waals surface area contributed by atoms with E-state index in [1.54, 1.807) is 0 Å². The van der Waals surface area contributed by atoms with Gasteiger partial charge in [0.25, 0.3) is 0 Å². The molecule has 0 aromatic heterocycles. The zero-order valence-corrected chi connectivity index (χ0v) is 11.2. The highest BCUT2D eigenvalue weighted by Crippen LogP contribution is 2.24. The van der Waals surface area contributed by atoms with Crippen LogP contribution in [0.1, 0.15) is 12.8 Å². The topological polar surface area (TPSA) is 69.6 Å². The van der Waals surface area contributed by atoms with E-state index in [2.05, 4.69) is 9.62 Å². The van der Waals surface area contributed by atoms with Crippen molar-refractivity contribution in [2.75, 3.05) is 20.1 Å². The molecule has 100 valence electrons. The smallest absolute Gasteiger partial charge is 0.240 e. The van der Waals surface area contributed by atoms with E-state index in [1.165, 1.54) is 37.1 Å². The van der Waals surface area contributed by atoms with Crippen molar-refractivity contribution in [3.05, 3.63) is 24.3 Å². The Morgan fingerprint density at radius 1 is 1.44 bits per heavy atom. The summed E-state index contributed by atoms with van der Waals surface area (Å²) in [5, 5.41) is 9.27. The molecule has 0 heterocycles. The third kappa shape index (κ3) is 3.44. The second kappa shape index (κ2) is 5.26. The number of phenolic OH excluding ortho intramolecular Hbond substituents is 1. The number of aromatic hydroxyl groups is 1.